The largest absolute Gasteiger partial charge is 0.494 e. The number of carbonyl (C=O) groups excluding carboxylic acids is 1. The molecular formula is C17H13IN2O3. The SMILES string of the molecule is COc1ccc(NC(=O)C=Cc2ccc(I)o2)c2cccnc12. The topological polar surface area (TPSA) is 64.4 Å². The number of nitrogens with one attached hydrogen (secondary N) is 1. The van der Waals surface area contributed by atoms with E-state index in [1.807, 2.05) is 18.2 Å². The van der Waals surface area contributed by atoms with Crippen molar-refractivity contribution in [3.05, 3.63) is 58.2 Å². The average Bonchev–Trinajstić information content (AvgIpc) is 2.99. The Morgan fingerprint density at radius 1 is 1.30 bits per heavy atom. The Balaban J connectivity index is 1.84. The van der Waals surface area contributed by atoms with Gasteiger partial charge in [-0.15, -0.1) is 0 Å². The van der Waals surface area contributed by atoms with Gasteiger partial charge in [-0.1, -0.05) is 0 Å². The maximum atomic E-state index is 12.1. The summed E-state index contributed by atoms with van der Waals surface area (Å²) in [4.78, 5) is 16.4. The van der Waals surface area contributed by atoms with E-state index in [4.69, 9.17) is 9.15 Å². The van der Waals surface area contributed by atoms with Crippen LogP contribution < -0.4 is 10.1 Å². The molecule has 3 aromatic rings. The van der Waals surface area contributed by atoms with Crippen LogP contribution in [0.15, 0.2) is 53.1 Å². The molecule has 0 fully saturated rings. The molecule has 23 heavy (non-hydrogen) atoms. The van der Waals surface area contributed by atoms with Gasteiger partial charge in [0, 0.05) is 17.7 Å². The third-order valence-corrected chi connectivity index (χ3v) is 3.78. The Morgan fingerprint density at radius 3 is 2.91 bits per heavy atom. The van der Waals surface area contributed by atoms with Crippen molar-refractivity contribution >= 4 is 51.2 Å². The molecule has 0 saturated carbocycles. The van der Waals surface area contributed by atoms with Gasteiger partial charge in [0.25, 0.3) is 0 Å². The van der Waals surface area contributed by atoms with Crippen LogP contribution in [0.5, 0.6) is 5.75 Å². The van der Waals surface area contributed by atoms with Crippen molar-refractivity contribution < 1.29 is 13.9 Å². The van der Waals surface area contributed by atoms with Gasteiger partial charge in [0.15, 0.2) is 3.77 Å². The molecule has 0 unspecified atom stereocenters. The molecule has 1 N–H and O–H groups in total. The number of pyridine rings is 1. The van der Waals surface area contributed by atoms with Crippen LogP contribution >= 0.6 is 22.6 Å². The Labute approximate surface area is 146 Å². The van der Waals surface area contributed by atoms with E-state index in [2.05, 4.69) is 32.9 Å². The third-order valence-electron chi connectivity index (χ3n) is 3.20. The van der Waals surface area contributed by atoms with Gasteiger partial charge in [0.2, 0.25) is 5.91 Å². The molecule has 1 amide bonds. The molecule has 5 nitrogen and oxygen atoms in total. The molecule has 0 atom stereocenters. The van der Waals surface area contributed by atoms with Gasteiger partial charge in [-0.25, -0.2) is 0 Å². The predicted molar refractivity (Wildman–Crippen MR) is 97.4 cm³/mol. The summed E-state index contributed by atoms with van der Waals surface area (Å²) in [6.45, 7) is 0. The number of benzene rings is 1. The lowest BCUT2D eigenvalue weighted by atomic mass is 10.1. The average molecular weight is 420 g/mol. The number of rotatable bonds is 4. The number of fused-ring (bicyclic) bond motifs is 1. The van der Waals surface area contributed by atoms with E-state index in [-0.39, 0.29) is 5.91 Å². The van der Waals surface area contributed by atoms with Crippen LogP contribution in [0, 0.1) is 3.77 Å². The second-order valence-electron chi connectivity index (χ2n) is 4.68. The van der Waals surface area contributed by atoms with Gasteiger partial charge in [0.05, 0.1) is 12.8 Å². The second kappa shape index (κ2) is 6.82. The fourth-order valence-corrected chi connectivity index (χ4v) is 2.60. The number of aromatic nitrogens is 1. The lowest BCUT2D eigenvalue weighted by Gasteiger charge is -2.09. The summed E-state index contributed by atoms with van der Waals surface area (Å²) in [6, 6.07) is 10.9. The lowest BCUT2D eigenvalue weighted by Crippen LogP contribution is -2.08. The summed E-state index contributed by atoms with van der Waals surface area (Å²) < 4.78 is 11.4. The van der Waals surface area contributed by atoms with Crippen molar-refractivity contribution in [2.75, 3.05) is 12.4 Å². The van der Waals surface area contributed by atoms with Gasteiger partial charge in [-0.2, -0.15) is 0 Å². The monoisotopic (exact) mass is 420 g/mol. The van der Waals surface area contributed by atoms with Crippen molar-refractivity contribution in [3.63, 3.8) is 0 Å². The smallest absolute Gasteiger partial charge is 0.248 e. The number of ether oxygens (including phenoxy) is 1. The van der Waals surface area contributed by atoms with E-state index in [1.165, 1.54) is 6.08 Å². The highest BCUT2D eigenvalue weighted by molar-refractivity contribution is 14.1. The van der Waals surface area contributed by atoms with E-state index >= 15 is 0 Å². The van der Waals surface area contributed by atoms with Crippen molar-refractivity contribution in [2.24, 2.45) is 0 Å². The lowest BCUT2D eigenvalue weighted by molar-refractivity contribution is -0.111. The molecule has 0 bridgehead atoms. The molecule has 2 heterocycles. The van der Waals surface area contributed by atoms with Crippen LogP contribution in [0.4, 0.5) is 5.69 Å². The summed E-state index contributed by atoms with van der Waals surface area (Å²) >= 11 is 2.07. The molecule has 0 aliphatic carbocycles. The van der Waals surface area contributed by atoms with Gasteiger partial charge in [-0.05, 0) is 65.1 Å². The summed E-state index contributed by atoms with van der Waals surface area (Å²) in [6.07, 6.45) is 4.75. The molecule has 3 rings (SSSR count). The van der Waals surface area contributed by atoms with Crippen molar-refractivity contribution in [2.45, 2.75) is 0 Å². The molecule has 6 heteroatoms. The van der Waals surface area contributed by atoms with Gasteiger partial charge in [-0.3, -0.25) is 9.78 Å². The summed E-state index contributed by atoms with van der Waals surface area (Å²) in [5.41, 5.74) is 1.38. The highest BCUT2D eigenvalue weighted by Crippen LogP contribution is 2.29. The molecular weight excluding hydrogens is 407 g/mol. The number of amides is 1. The van der Waals surface area contributed by atoms with Crippen LogP contribution in [-0.4, -0.2) is 18.0 Å². The van der Waals surface area contributed by atoms with Crippen molar-refractivity contribution in [1.82, 2.24) is 4.98 Å². The number of halogens is 1. The number of anilines is 1. The van der Waals surface area contributed by atoms with Gasteiger partial charge >= 0.3 is 0 Å². The van der Waals surface area contributed by atoms with Crippen molar-refractivity contribution in [1.29, 1.82) is 0 Å². The molecule has 0 aliphatic rings. The van der Waals surface area contributed by atoms with Gasteiger partial charge in [0.1, 0.15) is 17.0 Å². The number of hydrogen-bond donors (Lipinski definition) is 1. The Hall–Kier alpha value is -2.35. The zero-order valence-electron chi connectivity index (χ0n) is 12.2. The number of carbonyl (C=O) groups is 1. The Bertz CT molecular complexity index is 886. The third kappa shape index (κ3) is 3.53. The Kier molecular flexibility index (Phi) is 4.61. The highest BCUT2D eigenvalue weighted by atomic mass is 127. The maximum absolute atomic E-state index is 12.1. The van der Waals surface area contributed by atoms with E-state index in [1.54, 1.807) is 37.6 Å². The molecule has 0 aliphatic heterocycles. The molecule has 0 spiro atoms. The molecule has 0 saturated heterocycles. The molecule has 0 radical (unpaired) electrons. The first kappa shape index (κ1) is 15.5. The van der Waals surface area contributed by atoms with E-state index < -0.39 is 0 Å². The summed E-state index contributed by atoms with van der Waals surface area (Å²) in [5.74, 6) is 1.05. The predicted octanol–water partition coefficient (Wildman–Crippen LogP) is 4.09. The van der Waals surface area contributed by atoms with Crippen LogP contribution in [-0.2, 0) is 4.79 Å². The minimum absolute atomic E-state index is 0.244. The summed E-state index contributed by atoms with van der Waals surface area (Å²) in [5, 5.41) is 3.67. The first-order chi connectivity index (χ1) is 11.2. The molecule has 1 aromatic carbocycles. The van der Waals surface area contributed by atoms with E-state index in [0.717, 1.165) is 9.15 Å². The minimum Gasteiger partial charge on any atom is -0.494 e. The van der Waals surface area contributed by atoms with Crippen LogP contribution in [0.1, 0.15) is 5.76 Å². The number of nitrogens with zero attached hydrogens (tertiary/aromatic N) is 1. The van der Waals surface area contributed by atoms with Crippen molar-refractivity contribution in [3.8, 4) is 5.75 Å². The van der Waals surface area contributed by atoms with E-state index in [0.29, 0.717) is 22.7 Å². The molecule has 116 valence electrons. The van der Waals surface area contributed by atoms with Crippen LogP contribution in [0.25, 0.3) is 17.0 Å². The fraction of sp³-hybridized carbons (Fsp3) is 0.0588. The van der Waals surface area contributed by atoms with Crippen LogP contribution in [0.2, 0.25) is 0 Å². The second-order valence-corrected chi connectivity index (χ2v) is 5.74. The first-order valence-corrected chi connectivity index (χ1v) is 7.91. The Morgan fingerprint density at radius 2 is 2.17 bits per heavy atom. The minimum atomic E-state index is -0.244. The van der Waals surface area contributed by atoms with Gasteiger partial charge < -0.3 is 14.5 Å². The number of hydrogen-bond acceptors (Lipinski definition) is 4. The highest BCUT2D eigenvalue weighted by Gasteiger charge is 2.08. The zero-order chi connectivity index (χ0) is 16.2. The zero-order valence-corrected chi connectivity index (χ0v) is 14.4. The maximum Gasteiger partial charge on any atom is 0.248 e. The first-order valence-electron chi connectivity index (χ1n) is 6.83. The van der Waals surface area contributed by atoms with Crippen LogP contribution in [0.3, 0.4) is 0 Å². The normalized spacial score (nSPS) is 11.0. The fourth-order valence-electron chi connectivity index (χ4n) is 2.17. The summed E-state index contributed by atoms with van der Waals surface area (Å²) in [7, 11) is 1.59. The number of furan rings is 1. The number of methoxy groups -OCH3 is 1. The quantitative estimate of drug-likeness (QED) is 0.510. The standard InChI is InChI=1S/C17H13IN2O3/c1-22-14-7-6-13(12-3-2-10-19-17(12)14)20-16(21)9-5-11-4-8-15(18)23-11/h2-10H,1H3,(H,20,21). The molecule has 2 aromatic heterocycles. The van der Waals surface area contributed by atoms with E-state index in [9.17, 15) is 4.79 Å².